The van der Waals surface area contributed by atoms with Crippen LogP contribution in [0.3, 0.4) is 0 Å². The number of methoxy groups -OCH3 is 2. The Labute approximate surface area is 147 Å². The Hall–Kier alpha value is -1.42. The Morgan fingerprint density at radius 2 is 1.67 bits per heavy atom. The van der Waals surface area contributed by atoms with Gasteiger partial charge in [-0.3, -0.25) is 4.79 Å². The number of hydrogen-bond acceptors (Lipinski definition) is 3. The molecule has 0 atom stereocenters. The van der Waals surface area contributed by atoms with E-state index in [0.717, 1.165) is 11.8 Å². The van der Waals surface area contributed by atoms with Crippen molar-refractivity contribution in [3.8, 4) is 11.5 Å². The number of amides is 1. The SMILES string of the molecule is COc1cc(C(=O)NC2C3CC4CC(C3)CC2C4)cc(Cl)c1OC. The molecule has 5 rings (SSSR count). The second kappa shape index (κ2) is 6.14. The minimum absolute atomic E-state index is 0.0599. The Bertz CT molecular complexity index is 632. The summed E-state index contributed by atoms with van der Waals surface area (Å²) >= 11 is 6.24. The zero-order valence-corrected chi connectivity index (χ0v) is 14.9. The molecule has 4 bridgehead atoms. The van der Waals surface area contributed by atoms with E-state index in [4.69, 9.17) is 21.1 Å². The molecule has 0 spiro atoms. The topological polar surface area (TPSA) is 47.6 Å². The van der Waals surface area contributed by atoms with Gasteiger partial charge in [0.2, 0.25) is 0 Å². The van der Waals surface area contributed by atoms with Gasteiger partial charge in [-0.1, -0.05) is 11.6 Å². The Morgan fingerprint density at radius 1 is 1.04 bits per heavy atom. The van der Waals surface area contributed by atoms with Gasteiger partial charge in [-0.05, 0) is 67.9 Å². The maximum absolute atomic E-state index is 12.8. The van der Waals surface area contributed by atoms with Crippen molar-refractivity contribution in [3.63, 3.8) is 0 Å². The predicted molar refractivity (Wildman–Crippen MR) is 92.9 cm³/mol. The third kappa shape index (κ3) is 2.65. The van der Waals surface area contributed by atoms with Gasteiger partial charge in [-0.25, -0.2) is 0 Å². The van der Waals surface area contributed by atoms with Gasteiger partial charge in [0, 0.05) is 11.6 Å². The van der Waals surface area contributed by atoms with Gasteiger partial charge >= 0.3 is 0 Å². The fourth-order valence-corrected chi connectivity index (χ4v) is 5.73. The number of rotatable bonds is 4. The molecule has 4 saturated carbocycles. The lowest BCUT2D eigenvalue weighted by Crippen LogP contribution is -2.55. The van der Waals surface area contributed by atoms with E-state index in [1.165, 1.54) is 39.2 Å². The highest BCUT2D eigenvalue weighted by Crippen LogP contribution is 2.53. The summed E-state index contributed by atoms with van der Waals surface area (Å²) in [4.78, 5) is 12.8. The molecule has 130 valence electrons. The van der Waals surface area contributed by atoms with Crippen LogP contribution in [0.5, 0.6) is 11.5 Å². The van der Waals surface area contributed by atoms with Gasteiger partial charge < -0.3 is 14.8 Å². The van der Waals surface area contributed by atoms with Crippen LogP contribution in [0.15, 0.2) is 12.1 Å². The zero-order chi connectivity index (χ0) is 16.8. The number of hydrogen-bond donors (Lipinski definition) is 1. The lowest BCUT2D eigenvalue weighted by atomic mass is 9.54. The van der Waals surface area contributed by atoms with E-state index < -0.39 is 0 Å². The molecule has 1 aromatic carbocycles. The van der Waals surface area contributed by atoms with E-state index in [0.29, 0.717) is 40.0 Å². The van der Waals surface area contributed by atoms with Crippen LogP contribution in [0.4, 0.5) is 0 Å². The third-order valence-corrected chi connectivity index (χ3v) is 6.50. The Kier molecular flexibility index (Phi) is 4.11. The summed E-state index contributed by atoms with van der Waals surface area (Å²) in [5.41, 5.74) is 0.534. The van der Waals surface area contributed by atoms with Gasteiger partial charge in [0.15, 0.2) is 11.5 Å². The van der Waals surface area contributed by atoms with Crippen molar-refractivity contribution in [2.45, 2.75) is 38.1 Å². The van der Waals surface area contributed by atoms with Crippen LogP contribution < -0.4 is 14.8 Å². The van der Waals surface area contributed by atoms with Gasteiger partial charge in [0.1, 0.15) is 0 Å². The molecule has 4 aliphatic carbocycles. The van der Waals surface area contributed by atoms with Crippen molar-refractivity contribution in [1.82, 2.24) is 5.32 Å². The van der Waals surface area contributed by atoms with Crippen LogP contribution in [0.2, 0.25) is 5.02 Å². The van der Waals surface area contributed by atoms with Crippen LogP contribution in [0.25, 0.3) is 0 Å². The maximum Gasteiger partial charge on any atom is 0.251 e. The molecule has 4 fully saturated rings. The molecule has 0 saturated heterocycles. The highest BCUT2D eigenvalue weighted by atomic mass is 35.5. The number of nitrogens with one attached hydrogen (secondary N) is 1. The molecular formula is C19H24ClNO3. The largest absolute Gasteiger partial charge is 0.493 e. The van der Waals surface area contributed by atoms with Crippen LogP contribution in [-0.4, -0.2) is 26.2 Å². The van der Waals surface area contributed by atoms with Crippen LogP contribution in [0, 0.1) is 23.7 Å². The van der Waals surface area contributed by atoms with Crippen molar-refractivity contribution in [2.75, 3.05) is 14.2 Å². The van der Waals surface area contributed by atoms with E-state index in [2.05, 4.69) is 5.32 Å². The van der Waals surface area contributed by atoms with Crippen LogP contribution >= 0.6 is 11.6 Å². The molecular weight excluding hydrogens is 326 g/mol. The average molecular weight is 350 g/mol. The Morgan fingerprint density at radius 3 is 2.21 bits per heavy atom. The van der Waals surface area contributed by atoms with E-state index in [1.807, 2.05) is 0 Å². The van der Waals surface area contributed by atoms with Crippen LogP contribution in [-0.2, 0) is 0 Å². The van der Waals surface area contributed by atoms with Crippen molar-refractivity contribution < 1.29 is 14.3 Å². The summed E-state index contributed by atoms with van der Waals surface area (Å²) < 4.78 is 10.5. The van der Waals surface area contributed by atoms with E-state index in [-0.39, 0.29) is 5.91 Å². The van der Waals surface area contributed by atoms with E-state index >= 15 is 0 Å². The summed E-state index contributed by atoms with van der Waals surface area (Å²) in [5.74, 6) is 4.00. The summed E-state index contributed by atoms with van der Waals surface area (Å²) in [6.45, 7) is 0. The standard InChI is InChI=1S/C19H24ClNO3/c1-23-16-9-14(8-15(20)18(16)24-2)19(22)21-17-12-4-10-3-11(6-12)7-13(17)5-10/h8-13,17H,3-7H2,1-2H3,(H,21,22). The molecule has 0 radical (unpaired) electrons. The van der Waals surface area contributed by atoms with Crippen molar-refractivity contribution in [2.24, 2.45) is 23.7 Å². The first-order valence-corrected chi connectivity index (χ1v) is 9.19. The minimum Gasteiger partial charge on any atom is -0.493 e. The fraction of sp³-hybridized carbons (Fsp3) is 0.632. The van der Waals surface area contributed by atoms with Gasteiger partial charge in [-0.15, -0.1) is 0 Å². The lowest BCUT2D eigenvalue weighted by molar-refractivity contribution is -0.0119. The molecule has 0 unspecified atom stereocenters. The monoisotopic (exact) mass is 349 g/mol. The fourth-order valence-electron chi connectivity index (χ4n) is 5.44. The molecule has 4 aliphatic rings. The molecule has 1 N–H and O–H groups in total. The first-order chi connectivity index (χ1) is 11.6. The quantitative estimate of drug-likeness (QED) is 0.896. The second-order valence-electron chi connectivity index (χ2n) is 7.62. The lowest BCUT2D eigenvalue weighted by Gasteiger charge is -2.54. The van der Waals surface area contributed by atoms with Crippen molar-refractivity contribution in [1.29, 1.82) is 0 Å². The molecule has 0 aliphatic heterocycles. The normalized spacial score (nSPS) is 33.4. The summed E-state index contributed by atoms with van der Waals surface area (Å²) in [6.07, 6.45) is 6.55. The molecule has 0 aromatic heterocycles. The van der Waals surface area contributed by atoms with Crippen molar-refractivity contribution in [3.05, 3.63) is 22.7 Å². The molecule has 0 heterocycles. The minimum atomic E-state index is -0.0599. The Balaban J connectivity index is 1.53. The number of carbonyl (C=O) groups excluding carboxylic acids is 1. The number of carbonyl (C=O) groups is 1. The van der Waals surface area contributed by atoms with Gasteiger partial charge in [0.05, 0.1) is 19.2 Å². The summed E-state index contributed by atoms with van der Waals surface area (Å²) in [6, 6.07) is 3.68. The zero-order valence-electron chi connectivity index (χ0n) is 14.2. The first-order valence-electron chi connectivity index (χ1n) is 8.81. The highest BCUT2D eigenvalue weighted by molar-refractivity contribution is 6.32. The average Bonchev–Trinajstić information content (AvgIpc) is 2.56. The number of halogens is 1. The number of benzene rings is 1. The molecule has 24 heavy (non-hydrogen) atoms. The third-order valence-electron chi connectivity index (χ3n) is 6.22. The summed E-state index contributed by atoms with van der Waals surface area (Å²) in [7, 11) is 3.09. The molecule has 1 amide bonds. The van der Waals surface area contributed by atoms with Gasteiger partial charge in [-0.2, -0.15) is 0 Å². The molecule has 4 nitrogen and oxygen atoms in total. The highest BCUT2D eigenvalue weighted by Gasteiger charge is 2.48. The first kappa shape index (κ1) is 16.1. The summed E-state index contributed by atoms with van der Waals surface area (Å²) in [5, 5.41) is 3.70. The number of ether oxygens (including phenoxy) is 2. The predicted octanol–water partition coefficient (Wildman–Crippen LogP) is 3.91. The van der Waals surface area contributed by atoms with Crippen LogP contribution in [0.1, 0.15) is 42.5 Å². The second-order valence-corrected chi connectivity index (χ2v) is 8.03. The molecule has 1 aromatic rings. The van der Waals surface area contributed by atoms with Crippen molar-refractivity contribution >= 4 is 17.5 Å². The van der Waals surface area contributed by atoms with Gasteiger partial charge in [0.25, 0.3) is 5.91 Å². The maximum atomic E-state index is 12.8. The molecule has 5 heteroatoms. The smallest absolute Gasteiger partial charge is 0.251 e. The van der Waals surface area contributed by atoms with E-state index in [1.54, 1.807) is 19.2 Å². The van der Waals surface area contributed by atoms with E-state index in [9.17, 15) is 4.79 Å².